The second-order valence-electron chi connectivity index (χ2n) is 4.76. The standard InChI is InChI=1S/C10H16F3N7O/c1-18-16-8(15-17-18)14-9(21)20-4-2-3-19(5-6-20)7-10(11,12)13/h2-7H2,1H3,(H,14,16,21). The Morgan fingerprint density at radius 2 is 2.05 bits per heavy atom. The lowest BCUT2D eigenvalue weighted by Gasteiger charge is -2.22. The SMILES string of the molecule is Cn1nnc(NC(=O)N2CCCN(CC(F)(F)F)CC2)n1. The molecule has 0 radical (unpaired) electrons. The summed E-state index contributed by atoms with van der Waals surface area (Å²) < 4.78 is 37.1. The molecule has 8 nitrogen and oxygen atoms in total. The number of anilines is 1. The predicted molar refractivity (Wildman–Crippen MR) is 66.5 cm³/mol. The van der Waals surface area contributed by atoms with Crippen molar-refractivity contribution in [1.82, 2.24) is 30.0 Å². The van der Waals surface area contributed by atoms with Crippen LogP contribution < -0.4 is 5.32 Å². The fourth-order valence-corrected chi connectivity index (χ4v) is 2.09. The number of alkyl halides is 3. The molecule has 2 heterocycles. The smallest absolute Gasteiger partial charge is 0.323 e. The largest absolute Gasteiger partial charge is 0.401 e. The van der Waals surface area contributed by atoms with Crippen LogP contribution in [0.15, 0.2) is 0 Å². The molecule has 0 saturated carbocycles. The number of hydrogen-bond donors (Lipinski definition) is 1. The van der Waals surface area contributed by atoms with Gasteiger partial charge in [-0.3, -0.25) is 10.2 Å². The number of rotatable bonds is 2. The van der Waals surface area contributed by atoms with Crippen LogP contribution >= 0.6 is 0 Å². The summed E-state index contributed by atoms with van der Waals surface area (Å²) in [6.45, 7) is 0.157. The van der Waals surface area contributed by atoms with Gasteiger partial charge in [-0.2, -0.15) is 18.0 Å². The van der Waals surface area contributed by atoms with Crippen LogP contribution in [-0.4, -0.2) is 74.9 Å². The highest BCUT2D eigenvalue weighted by atomic mass is 19.4. The molecule has 2 amide bonds. The number of urea groups is 1. The summed E-state index contributed by atoms with van der Waals surface area (Å²) in [6, 6.07) is -0.433. The highest BCUT2D eigenvalue weighted by Gasteiger charge is 2.31. The van der Waals surface area contributed by atoms with Crippen LogP contribution in [0.1, 0.15) is 6.42 Å². The quantitative estimate of drug-likeness (QED) is 0.851. The summed E-state index contributed by atoms with van der Waals surface area (Å²) in [5, 5.41) is 13.5. The van der Waals surface area contributed by atoms with E-state index in [1.54, 1.807) is 7.05 Å². The minimum atomic E-state index is -4.22. The minimum Gasteiger partial charge on any atom is -0.323 e. The maximum atomic E-state index is 12.4. The first kappa shape index (κ1) is 15.5. The third kappa shape index (κ3) is 4.85. The number of aryl methyl sites for hydroxylation is 1. The van der Waals surface area contributed by atoms with Crippen molar-refractivity contribution in [3.8, 4) is 0 Å². The van der Waals surface area contributed by atoms with E-state index in [-0.39, 0.29) is 19.0 Å². The highest BCUT2D eigenvalue weighted by Crippen LogP contribution is 2.17. The highest BCUT2D eigenvalue weighted by molar-refractivity contribution is 5.87. The fourth-order valence-electron chi connectivity index (χ4n) is 2.09. The van der Waals surface area contributed by atoms with E-state index < -0.39 is 18.8 Å². The Kier molecular flexibility index (Phi) is 4.60. The number of halogens is 3. The Morgan fingerprint density at radius 1 is 1.29 bits per heavy atom. The summed E-state index contributed by atoms with van der Waals surface area (Å²) in [4.78, 5) is 15.9. The Balaban J connectivity index is 1.86. The molecular weight excluding hydrogens is 291 g/mol. The Hall–Kier alpha value is -1.91. The lowest BCUT2D eigenvalue weighted by atomic mass is 10.4. The molecule has 0 aromatic carbocycles. The van der Waals surface area contributed by atoms with E-state index in [1.165, 1.54) is 14.6 Å². The van der Waals surface area contributed by atoms with Crippen molar-refractivity contribution in [2.75, 3.05) is 38.0 Å². The summed E-state index contributed by atoms with van der Waals surface area (Å²) in [5.74, 6) is 0.0684. The van der Waals surface area contributed by atoms with Crippen molar-refractivity contribution in [2.45, 2.75) is 12.6 Å². The topological polar surface area (TPSA) is 79.2 Å². The number of nitrogens with one attached hydrogen (secondary N) is 1. The first-order valence-corrected chi connectivity index (χ1v) is 6.42. The molecule has 21 heavy (non-hydrogen) atoms. The molecule has 2 rings (SSSR count). The Labute approximate surface area is 118 Å². The Morgan fingerprint density at radius 3 is 2.67 bits per heavy atom. The third-order valence-electron chi connectivity index (χ3n) is 3.01. The lowest BCUT2D eigenvalue weighted by Crippen LogP contribution is -2.40. The Bertz CT molecular complexity index is 489. The maximum absolute atomic E-state index is 12.4. The maximum Gasteiger partial charge on any atom is 0.401 e. The predicted octanol–water partition coefficient (Wildman–Crippen LogP) is 0.312. The van der Waals surface area contributed by atoms with E-state index in [9.17, 15) is 18.0 Å². The van der Waals surface area contributed by atoms with Crippen LogP contribution in [0.5, 0.6) is 0 Å². The van der Waals surface area contributed by atoms with Gasteiger partial charge in [-0.05, 0) is 11.6 Å². The summed E-state index contributed by atoms with van der Waals surface area (Å²) in [7, 11) is 1.56. The van der Waals surface area contributed by atoms with Gasteiger partial charge in [-0.1, -0.05) is 5.10 Å². The molecule has 1 fully saturated rings. The van der Waals surface area contributed by atoms with Gasteiger partial charge in [0.1, 0.15) is 0 Å². The number of carbonyl (C=O) groups is 1. The molecule has 0 spiro atoms. The van der Waals surface area contributed by atoms with Crippen LogP contribution in [-0.2, 0) is 7.05 Å². The number of amides is 2. The van der Waals surface area contributed by atoms with E-state index in [0.29, 0.717) is 19.5 Å². The molecule has 1 N–H and O–H groups in total. The average Bonchev–Trinajstić information content (AvgIpc) is 2.63. The molecule has 1 aliphatic rings. The van der Waals surface area contributed by atoms with Crippen molar-refractivity contribution in [2.24, 2.45) is 7.05 Å². The number of carbonyl (C=O) groups excluding carboxylic acids is 1. The number of nitrogens with zero attached hydrogens (tertiary/aromatic N) is 6. The van der Waals surface area contributed by atoms with Gasteiger partial charge in [0, 0.05) is 26.2 Å². The fraction of sp³-hybridized carbons (Fsp3) is 0.800. The second-order valence-corrected chi connectivity index (χ2v) is 4.76. The van der Waals surface area contributed by atoms with E-state index in [2.05, 4.69) is 20.7 Å². The monoisotopic (exact) mass is 307 g/mol. The second kappa shape index (κ2) is 6.24. The van der Waals surface area contributed by atoms with Crippen molar-refractivity contribution in [3.05, 3.63) is 0 Å². The van der Waals surface area contributed by atoms with Crippen LogP contribution in [0.25, 0.3) is 0 Å². The van der Waals surface area contributed by atoms with Gasteiger partial charge in [-0.15, -0.1) is 5.10 Å². The van der Waals surface area contributed by atoms with E-state index in [0.717, 1.165) is 0 Å². The first-order valence-electron chi connectivity index (χ1n) is 6.42. The summed E-state index contributed by atoms with van der Waals surface area (Å²) in [5.41, 5.74) is 0. The molecule has 118 valence electrons. The lowest BCUT2D eigenvalue weighted by molar-refractivity contribution is -0.145. The zero-order valence-corrected chi connectivity index (χ0v) is 11.5. The molecule has 0 atom stereocenters. The molecule has 1 aliphatic heterocycles. The number of aromatic nitrogens is 4. The zero-order chi connectivity index (χ0) is 15.5. The summed E-state index contributed by atoms with van der Waals surface area (Å²) >= 11 is 0. The van der Waals surface area contributed by atoms with Gasteiger partial charge >= 0.3 is 12.2 Å². The van der Waals surface area contributed by atoms with Crippen molar-refractivity contribution >= 4 is 12.0 Å². The molecular formula is C10H16F3N7O. The normalized spacial score (nSPS) is 17.6. The molecule has 0 aliphatic carbocycles. The van der Waals surface area contributed by atoms with Gasteiger partial charge in [0.25, 0.3) is 5.95 Å². The number of hydrogen-bond acceptors (Lipinski definition) is 5. The van der Waals surface area contributed by atoms with Crippen molar-refractivity contribution < 1.29 is 18.0 Å². The molecule has 1 saturated heterocycles. The zero-order valence-electron chi connectivity index (χ0n) is 11.5. The molecule has 0 bridgehead atoms. The van der Waals surface area contributed by atoms with Crippen molar-refractivity contribution in [1.29, 1.82) is 0 Å². The van der Waals surface area contributed by atoms with Gasteiger partial charge in [-0.25, -0.2) is 4.79 Å². The van der Waals surface area contributed by atoms with Crippen molar-refractivity contribution in [3.63, 3.8) is 0 Å². The van der Waals surface area contributed by atoms with Gasteiger partial charge in [0.2, 0.25) is 0 Å². The van der Waals surface area contributed by atoms with Gasteiger partial charge in [0.05, 0.1) is 13.6 Å². The van der Waals surface area contributed by atoms with Gasteiger partial charge < -0.3 is 4.90 Å². The number of tetrazole rings is 1. The first-order chi connectivity index (χ1) is 9.83. The van der Waals surface area contributed by atoms with E-state index in [1.807, 2.05) is 0 Å². The van der Waals surface area contributed by atoms with Crippen LogP contribution in [0.3, 0.4) is 0 Å². The van der Waals surface area contributed by atoms with Crippen LogP contribution in [0.2, 0.25) is 0 Å². The minimum absolute atomic E-state index is 0.0684. The summed E-state index contributed by atoms with van der Waals surface area (Å²) in [6.07, 6.45) is -3.74. The van der Waals surface area contributed by atoms with Gasteiger partial charge in [0.15, 0.2) is 0 Å². The third-order valence-corrected chi connectivity index (χ3v) is 3.01. The van der Waals surface area contributed by atoms with Crippen LogP contribution in [0.4, 0.5) is 23.9 Å². The van der Waals surface area contributed by atoms with E-state index in [4.69, 9.17) is 0 Å². The molecule has 11 heteroatoms. The molecule has 1 aromatic heterocycles. The average molecular weight is 307 g/mol. The van der Waals surface area contributed by atoms with Crippen LogP contribution in [0, 0.1) is 0 Å². The van der Waals surface area contributed by atoms with E-state index >= 15 is 0 Å². The molecule has 1 aromatic rings. The molecule has 0 unspecified atom stereocenters.